The smallest absolute Gasteiger partial charge is 0.226 e. The average Bonchev–Trinajstić information content (AvgIpc) is 3.48. The molecule has 0 aliphatic heterocycles. The highest BCUT2D eigenvalue weighted by molar-refractivity contribution is 7.19. The molecule has 6 rings (SSSR count). The number of aromatic amines is 1. The van der Waals surface area contributed by atoms with Crippen LogP contribution in [0.5, 0.6) is 0 Å². The number of hydrogen-bond acceptors (Lipinski definition) is 6. The molecule has 3 heterocycles. The number of benzene rings is 2. The first-order valence-electron chi connectivity index (χ1n) is 11.4. The second kappa shape index (κ2) is 8.53. The van der Waals surface area contributed by atoms with E-state index in [-0.39, 0.29) is 11.8 Å². The maximum absolute atomic E-state index is 13.2. The third-order valence-corrected chi connectivity index (χ3v) is 7.70. The Morgan fingerprint density at radius 1 is 1.21 bits per heavy atom. The van der Waals surface area contributed by atoms with Gasteiger partial charge in [0, 0.05) is 35.5 Å². The van der Waals surface area contributed by atoms with E-state index < -0.39 is 0 Å². The molecule has 34 heavy (non-hydrogen) atoms. The maximum Gasteiger partial charge on any atom is 0.226 e. The van der Waals surface area contributed by atoms with Gasteiger partial charge in [-0.15, -0.1) is 11.3 Å². The SMILES string of the molecule is CN(Cc1ccccc1)C(=O)[C@H]1CCc2c(sc3ncnc(Nc4ccc5[nH]ncc5c4)c23)C1. The van der Waals surface area contributed by atoms with E-state index >= 15 is 0 Å². The molecule has 7 nitrogen and oxygen atoms in total. The van der Waals surface area contributed by atoms with Crippen molar-refractivity contribution in [3.8, 4) is 0 Å². The highest BCUT2D eigenvalue weighted by Gasteiger charge is 2.30. The minimum atomic E-state index is 0.00198. The van der Waals surface area contributed by atoms with E-state index in [1.807, 2.05) is 48.5 Å². The molecule has 0 fully saturated rings. The van der Waals surface area contributed by atoms with Gasteiger partial charge >= 0.3 is 0 Å². The first-order chi connectivity index (χ1) is 16.7. The lowest BCUT2D eigenvalue weighted by Gasteiger charge is -2.27. The quantitative estimate of drug-likeness (QED) is 0.376. The molecule has 5 aromatic rings. The number of anilines is 2. The van der Waals surface area contributed by atoms with Crippen LogP contribution in [0.4, 0.5) is 11.5 Å². The summed E-state index contributed by atoms with van der Waals surface area (Å²) in [5.74, 6) is 1.03. The summed E-state index contributed by atoms with van der Waals surface area (Å²) in [6, 6.07) is 16.2. The molecule has 0 saturated carbocycles. The van der Waals surface area contributed by atoms with Gasteiger partial charge < -0.3 is 10.2 Å². The molecule has 1 aliphatic rings. The van der Waals surface area contributed by atoms with Crippen LogP contribution in [0.15, 0.2) is 61.1 Å². The first-order valence-corrected chi connectivity index (χ1v) is 12.2. The van der Waals surface area contributed by atoms with Crippen LogP contribution in [-0.4, -0.2) is 38.0 Å². The average molecular weight is 469 g/mol. The van der Waals surface area contributed by atoms with Gasteiger partial charge in [-0.1, -0.05) is 30.3 Å². The lowest BCUT2D eigenvalue weighted by molar-refractivity contribution is -0.135. The zero-order chi connectivity index (χ0) is 23.1. The van der Waals surface area contributed by atoms with Gasteiger partial charge in [-0.2, -0.15) is 5.10 Å². The molecule has 1 aliphatic carbocycles. The third-order valence-electron chi connectivity index (χ3n) is 6.54. The van der Waals surface area contributed by atoms with E-state index in [2.05, 4.69) is 43.7 Å². The van der Waals surface area contributed by atoms with Crippen LogP contribution in [0.2, 0.25) is 0 Å². The Labute approximate surface area is 200 Å². The van der Waals surface area contributed by atoms with E-state index in [4.69, 9.17) is 0 Å². The molecule has 1 amide bonds. The van der Waals surface area contributed by atoms with Crippen LogP contribution in [0.3, 0.4) is 0 Å². The van der Waals surface area contributed by atoms with E-state index in [1.54, 1.807) is 17.7 Å². The van der Waals surface area contributed by atoms with Crippen molar-refractivity contribution in [2.24, 2.45) is 5.92 Å². The number of hydrogen-bond donors (Lipinski definition) is 2. The van der Waals surface area contributed by atoms with Gasteiger partial charge in [0.15, 0.2) is 0 Å². The van der Waals surface area contributed by atoms with Crippen LogP contribution < -0.4 is 5.32 Å². The van der Waals surface area contributed by atoms with E-state index in [0.717, 1.165) is 57.5 Å². The highest BCUT2D eigenvalue weighted by Crippen LogP contribution is 2.41. The Morgan fingerprint density at radius 3 is 2.97 bits per heavy atom. The molecule has 0 bridgehead atoms. The molecule has 0 spiro atoms. The number of aryl methyl sites for hydroxylation is 1. The van der Waals surface area contributed by atoms with E-state index in [9.17, 15) is 4.79 Å². The second-order valence-electron chi connectivity index (χ2n) is 8.82. The fraction of sp³-hybridized carbons (Fsp3) is 0.231. The van der Waals surface area contributed by atoms with Crippen molar-refractivity contribution in [3.05, 3.63) is 77.1 Å². The summed E-state index contributed by atoms with van der Waals surface area (Å²) in [5.41, 5.74) is 4.39. The molecule has 2 N–H and O–H groups in total. The van der Waals surface area contributed by atoms with Crippen molar-refractivity contribution in [3.63, 3.8) is 0 Å². The molecule has 2 aromatic carbocycles. The van der Waals surface area contributed by atoms with Crippen molar-refractivity contribution in [2.75, 3.05) is 12.4 Å². The lowest BCUT2D eigenvalue weighted by atomic mass is 9.87. The number of fused-ring (bicyclic) bond motifs is 4. The second-order valence-corrected chi connectivity index (χ2v) is 9.91. The first kappa shape index (κ1) is 20.8. The molecule has 3 aromatic heterocycles. The maximum atomic E-state index is 13.2. The number of aromatic nitrogens is 4. The number of carbonyl (C=O) groups excluding carboxylic acids is 1. The normalized spacial score (nSPS) is 15.4. The van der Waals surface area contributed by atoms with Crippen LogP contribution in [0.1, 0.15) is 22.4 Å². The summed E-state index contributed by atoms with van der Waals surface area (Å²) in [6.07, 6.45) is 5.88. The number of rotatable bonds is 5. The molecule has 170 valence electrons. The summed E-state index contributed by atoms with van der Waals surface area (Å²) in [5, 5.41) is 12.7. The summed E-state index contributed by atoms with van der Waals surface area (Å²) in [6.45, 7) is 0.635. The number of nitrogens with one attached hydrogen (secondary N) is 2. The van der Waals surface area contributed by atoms with Crippen molar-refractivity contribution in [1.82, 2.24) is 25.1 Å². The summed E-state index contributed by atoms with van der Waals surface area (Å²) < 4.78 is 0. The number of thiophene rings is 1. The molecule has 0 unspecified atom stereocenters. The van der Waals surface area contributed by atoms with Gasteiger partial charge in [-0.3, -0.25) is 9.89 Å². The summed E-state index contributed by atoms with van der Waals surface area (Å²) in [4.78, 5) is 26.4. The Bertz CT molecular complexity index is 1490. The Morgan fingerprint density at radius 2 is 2.09 bits per heavy atom. The van der Waals surface area contributed by atoms with Crippen LogP contribution in [-0.2, 0) is 24.2 Å². The van der Waals surface area contributed by atoms with Gasteiger partial charge in [0.05, 0.1) is 17.1 Å². The summed E-state index contributed by atoms with van der Waals surface area (Å²) in [7, 11) is 1.90. The van der Waals surface area contributed by atoms with E-state index in [1.165, 1.54) is 10.4 Å². The van der Waals surface area contributed by atoms with Crippen molar-refractivity contribution >= 4 is 49.9 Å². The van der Waals surface area contributed by atoms with Gasteiger partial charge in [-0.25, -0.2) is 9.97 Å². The highest BCUT2D eigenvalue weighted by atomic mass is 32.1. The molecule has 1 atom stereocenters. The third kappa shape index (κ3) is 3.80. The molecule has 0 radical (unpaired) electrons. The van der Waals surface area contributed by atoms with Crippen molar-refractivity contribution in [1.29, 1.82) is 0 Å². The van der Waals surface area contributed by atoms with Crippen molar-refractivity contribution < 1.29 is 4.79 Å². The number of H-pyrrole nitrogens is 1. The molecular formula is C26H24N6OS. The predicted molar refractivity (Wildman–Crippen MR) is 135 cm³/mol. The largest absolute Gasteiger partial charge is 0.341 e. The fourth-order valence-electron chi connectivity index (χ4n) is 4.82. The minimum Gasteiger partial charge on any atom is -0.341 e. The Hall–Kier alpha value is -3.78. The van der Waals surface area contributed by atoms with Crippen LogP contribution in [0, 0.1) is 5.92 Å². The fourth-order valence-corrected chi connectivity index (χ4v) is 6.09. The Balaban J connectivity index is 1.25. The summed E-state index contributed by atoms with van der Waals surface area (Å²) >= 11 is 1.69. The lowest BCUT2D eigenvalue weighted by Crippen LogP contribution is -2.35. The monoisotopic (exact) mass is 468 g/mol. The molecular weight excluding hydrogens is 444 g/mol. The Kier molecular flexibility index (Phi) is 5.22. The van der Waals surface area contributed by atoms with Gasteiger partial charge in [0.1, 0.15) is 17.0 Å². The topological polar surface area (TPSA) is 86.8 Å². The molecule has 8 heteroatoms. The molecule has 0 saturated heterocycles. The van der Waals surface area contributed by atoms with Gasteiger partial charge in [0.2, 0.25) is 5.91 Å². The number of nitrogens with zero attached hydrogens (tertiary/aromatic N) is 4. The van der Waals surface area contributed by atoms with Crippen LogP contribution >= 0.6 is 11.3 Å². The standard InChI is InChI=1S/C26H24N6OS/c1-32(14-16-5-3-2-4-6-16)26(33)17-7-9-20-22(12-17)34-25-23(20)24(27-15-28-25)30-19-8-10-21-18(11-19)13-29-31-21/h2-6,8,10-11,13,15,17H,7,9,12,14H2,1H3,(H,29,31)(H,27,28,30)/t17-/m0/s1. The van der Waals surface area contributed by atoms with Gasteiger partial charge in [0.25, 0.3) is 0 Å². The zero-order valence-corrected chi connectivity index (χ0v) is 19.6. The van der Waals surface area contributed by atoms with Crippen molar-refractivity contribution in [2.45, 2.75) is 25.8 Å². The zero-order valence-electron chi connectivity index (χ0n) is 18.8. The van der Waals surface area contributed by atoms with Crippen LogP contribution in [0.25, 0.3) is 21.1 Å². The number of carbonyl (C=O) groups is 1. The predicted octanol–water partition coefficient (Wildman–Crippen LogP) is 5.07. The van der Waals surface area contributed by atoms with E-state index in [0.29, 0.717) is 6.54 Å². The number of amides is 1. The minimum absolute atomic E-state index is 0.00198. The van der Waals surface area contributed by atoms with Gasteiger partial charge in [-0.05, 0) is 48.6 Å².